The quantitative estimate of drug-likeness (QED) is 0.411. The van der Waals surface area contributed by atoms with Crippen molar-refractivity contribution in [3.8, 4) is 11.5 Å². The molecule has 0 fully saturated rings. The summed E-state index contributed by atoms with van der Waals surface area (Å²) in [4.78, 5) is 11.8. The number of hydrogen-bond acceptors (Lipinski definition) is 6. The molecule has 0 bridgehead atoms. The number of esters is 1. The molecule has 33 heavy (non-hydrogen) atoms. The third-order valence-corrected chi connectivity index (χ3v) is 5.97. The van der Waals surface area contributed by atoms with E-state index >= 15 is 0 Å². The maximum atomic E-state index is 11.8. The van der Waals surface area contributed by atoms with Crippen LogP contribution in [0, 0.1) is 0 Å². The number of aryl methyl sites for hydroxylation is 1. The lowest BCUT2D eigenvalue weighted by atomic mass is 9.90. The predicted octanol–water partition coefficient (Wildman–Crippen LogP) is 4.34. The van der Waals surface area contributed by atoms with Gasteiger partial charge < -0.3 is 25.7 Å². The van der Waals surface area contributed by atoms with Gasteiger partial charge in [-0.15, -0.1) is 0 Å². The van der Waals surface area contributed by atoms with Crippen molar-refractivity contribution < 1.29 is 19.0 Å². The highest BCUT2D eigenvalue weighted by atomic mass is 16.5. The van der Waals surface area contributed by atoms with Crippen molar-refractivity contribution in [2.45, 2.75) is 51.0 Å². The fourth-order valence-electron chi connectivity index (χ4n) is 3.85. The Balaban J connectivity index is 1.57. The minimum absolute atomic E-state index is 0.0584. The Kier molecular flexibility index (Phi) is 8.92. The second kappa shape index (κ2) is 11.9. The third kappa shape index (κ3) is 6.83. The van der Waals surface area contributed by atoms with Crippen molar-refractivity contribution in [2.24, 2.45) is 11.5 Å². The molecule has 6 heteroatoms. The summed E-state index contributed by atoms with van der Waals surface area (Å²) in [6, 6.07) is 14.5. The predicted molar refractivity (Wildman–Crippen MR) is 132 cm³/mol. The molecule has 0 amide bonds. The van der Waals surface area contributed by atoms with Crippen LogP contribution in [0.1, 0.15) is 55.7 Å². The molecular formula is C27H36N2O4. The van der Waals surface area contributed by atoms with Crippen LogP contribution in [0.25, 0.3) is 11.6 Å². The summed E-state index contributed by atoms with van der Waals surface area (Å²) in [5, 5.41) is 0. The van der Waals surface area contributed by atoms with Crippen LogP contribution in [-0.2, 0) is 16.0 Å². The fraction of sp³-hybridized carbons (Fsp3) is 0.444. The second-order valence-corrected chi connectivity index (χ2v) is 8.75. The highest BCUT2D eigenvalue weighted by Crippen LogP contribution is 2.34. The van der Waals surface area contributed by atoms with E-state index in [9.17, 15) is 4.79 Å². The summed E-state index contributed by atoms with van der Waals surface area (Å²) in [5.74, 6) is 1.32. The molecule has 4 N–H and O–H groups in total. The van der Waals surface area contributed by atoms with Crippen molar-refractivity contribution >= 4 is 17.6 Å². The van der Waals surface area contributed by atoms with Crippen molar-refractivity contribution in [3.05, 3.63) is 59.2 Å². The zero-order valence-corrected chi connectivity index (χ0v) is 19.8. The average Bonchev–Trinajstić information content (AvgIpc) is 2.82. The summed E-state index contributed by atoms with van der Waals surface area (Å²) in [6.07, 6.45) is 8.14. The van der Waals surface area contributed by atoms with Gasteiger partial charge in [-0.2, -0.15) is 0 Å². The molecular weight excluding hydrogens is 416 g/mol. The Morgan fingerprint density at radius 3 is 2.61 bits per heavy atom. The number of rotatable bonds is 10. The Hall–Kier alpha value is -2.83. The maximum Gasteiger partial charge on any atom is 0.327 e. The van der Waals surface area contributed by atoms with E-state index in [-0.39, 0.29) is 6.54 Å². The topological polar surface area (TPSA) is 96.8 Å². The first-order valence-electron chi connectivity index (χ1n) is 11.7. The van der Waals surface area contributed by atoms with Gasteiger partial charge in [-0.05, 0) is 80.3 Å². The molecule has 0 saturated carbocycles. The van der Waals surface area contributed by atoms with Crippen LogP contribution in [0.15, 0.2) is 42.5 Å². The Morgan fingerprint density at radius 1 is 1.06 bits per heavy atom. The average molecular weight is 453 g/mol. The van der Waals surface area contributed by atoms with E-state index in [4.69, 9.17) is 25.7 Å². The summed E-state index contributed by atoms with van der Waals surface area (Å²) < 4.78 is 16.7. The van der Waals surface area contributed by atoms with Crippen molar-refractivity contribution in [3.63, 3.8) is 0 Å². The highest BCUT2D eigenvalue weighted by Gasteiger charge is 2.28. The normalized spacial score (nSPS) is 16.9. The SMILES string of the molecule is COc1ccccc1/C1=C/c2ccc(OCCCCOC(=O)C(C)(N)CN)cc2CCCC1. The first-order chi connectivity index (χ1) is 15.9. The van der Waals surface area contributed by atoms with Gasteiger partial charge in [-0.1, -0.05) is 30.3 Å². The molecule has 0 heterocycles. The zero-order valence-electron chi connectivity index (χ0n) is 19.8. The molecule has 1 aliphatic rings. The van der Waals surface area contributed by atoms with Gasteiger partial charge in [0.05, 0.1) is 20.3 Å². The molecule has 2 aromatic rings. The molecule has 0 saturated heterocycles. The highest BCUT2D eigenvalue weighted by molar-refractivity contribution is 5.85. The molecule has 2 aromatic carbocycles. The molecule has 1 unspecified atom stereocenters. The number of para-hydroxylation sites is 1. The lowest BCUT2D eigenvalue weighted by Crippen LogP contribution is -2.52. The van der Waals surface area contributed by atoms with E-state index in [1.807, 2.05) is 18.2 Å². The number of unbranched alkanes of at least 4 members (excludes halogenated alkanes) is 1. The van der Waals surface area contributed by atoms with Gasteiger partial charge in [0.2, 0.25) is 0 Å². The van der Waals surface area contributed by atoms with Crippen molar-refractivity contribution in [1.29, 1.82) is 0 Å². The number of fused-ring (bicyclic) bond motifs is 1. The molecule has 1 atom stereocenters. The van der Waals surface area contributed by atoms with Gasteiger partial charge in [0.15, 0.2) is 0 Å². The summed E-state index contributed by atoms with van der Waals surface area (Å²) in [5.41, 5.74) is 15.1. The molecule has 1 aliphatic carbocycles. The van der Waals surface area contributed by atoms with Crippen molar-refractivity contribution in [1.82, 2.24) is 0 Å². The molecule has 178 valence electrons. The third-order valence-electron chi connectivity index (χ3n) is 5.97. The summed E-state index contributed by atoms with van der Waals surface area (Å²) in [7, 11) is 1.72. The number of hydrogen-bond donors (Lipinski definition) is 2. The second-order valence-electron chi connectivity index (χ2n) is 8.75. The van der Waals surface area contributed by atoms with Crippen LogP contribution in [0.4, 0.5) is 0 Å². The van der Waals surface area contributed by atoms with Crippen LogP contribution >= 0.6 is 0 Å². The number of nitrogens with two attached hydrogens (primary N) is 2. The monoisotopic (exact) mass is 452 g/mol. The molecule has 6 nitrogen and oxygen atoms in total. The first kappa shape index (κ1) is 24.8. The Labute approximate surface area is 196 Å². The van der Waals surface area contributed by atoms with Gasteiger partial charge in [-0.25, -0.2) is 0 Å². The number of methoxy groups -OCH3 is 1. The van der Waals surface area contributed by atoms with Gasteiger partial charge in [-0.3, -0.25) is 4.79 Å². The van der Waals surface area contributed by atoms with Crippen molar-refractivity contribution in [2.75, 3.05) is 26.9 Å². The largest absolute Gasteiger partial charge is 0.496 e. The number of carbonyl (C=O) groups is 1. The molecule has 0 spiro atoms. The van der Waals surface area contributed by atoms with E-state index in [0.717, 1.165) is 49.2 Å². The van der Waals surface area contributed by atoms with E-state index in [0.29, 0.717) is 19.6 Å². The van der Waals surface area contributed by atoms with Gasteiger partial charge >= 0.3 is 5.97 Å². The van der Waals surface area contributed by atoms with Crippen LogP contribution in [0.3, 0.4) is 0 Å². The summed E-state index contributed by atoms with van der Waals surface area (Å²) >= 11 is 0. The van der Waals surface area contributed by atoms with E-state index in [2.05, 4.69) is 30.3 Å². The van der Waals surface area contributed by atoms with Crippen LogP contribution in [0.5, 0.6) is 11.5 Å². The van der Waals surface area contributed by atoms with Crippen LogP contribution in [0.2, 0.25) is 0 Å². The van der Waals surface area contributed by atoms with E-state index < -0.39 is 11.5 Å². The van der Waals surface area contributed by atoms with Gasteiger partial charge in [0.25, 0.3) is 0 Å². The maximum absolute atomic E-state index is 11.8. The Bertz CT molecular complexity index is 968. The zero-order chi connectivity index (χ0) is 23.7. The first-order valence-corrected chi connectivity index (χ1v) is 11.7. The minimum atomic E-state index is -1.13. The Morgan fingerprint density at radius 2 is 1.82 bits per heavy atom. The number of ether oxygens (including phenoxy) is 3. The smallest absolute Gasteiger partial charge is 0.327 e. The fourth-order valence-corrected chi connectivity index (χ4v) is 3.85. The lowest BCUT2D eigenvalue weighted by Gasteiger charge is -2.20. The van der Waals surface area contributed by atoms with Gasteiger partial charge in [0.1, 0.15) is 17.0 Å². The number of carbonyl (C=O) groups excluding carboxylic acids is 1. The summed E-state index contributed by atoms with van der Waals surface area (Å²) in [6.45, 7) is 2.52. The van der Waals surface area contributed by atoms with E-state index in [1.165, 1.54) is 16.7 Å². The van der Waals surface area contributed by atoms with Crippen LogP contribution in [-0.4, -0.2) is 38.4 Å². The standard InChI is InChI=1S/C27H36N2O4/c1-27(29,19-28)26(30)33-16-8-7-15-32-23-14-13-21-17-22(10-4-3-9-20(21)18-23)24-11-5-6-12-25(24)31-2/h5-6,11-14,17-18H,3-4,7-10,15-16,19,28-29H2,1-2H3/b22-17+. The minimum Gasteiger partial charge on any atom is -0.496 e. The molecule has 0 radical (unpaired) electrons. The number of benzene rings is 2. The molecule has 3 rings (SSSR count). The molecule has 0 aliphatic heterocycles. The van der Waals surface area contributed by atoms with E-state index in [1.54, 1.807) is 14.0 Å². The lowest BCUT2D eigenvalue weighted by molar-refractivity contribution is -0.149. The van der Waals surface area contributed by atoms with Gasteiger partial charge in [0, 0.05) is 12.1 Å². The van der Waals surface area contributed by atoms with Crippen LogP contribution < -0.4 is 20.9 Å². The molecule has 0 aromatic heterocycles. The number of allylic oxidation sites excluding steroid dienone is 1.